The Morgan fingerprint density at radius 3 is 2.75 bits per heavy atom. The van der Waals surface area contributed by atoms with E-state index in [0.717, 1.165) is 10.9 Å². The maximum atomic E-state index is 12.0. The van der Waals surface area contributed by atoms with Gasteiger partial charge in [0, 0.05) is 12.4 Å². The van der Waals surface area contributed by atoms with Crippen molar-refractivity contribution < 1.29 is 0 Å². The third kappa shape index (κ3) is 1.02. The summed E-state index contributed by atoms with van der Waals surface area (Å²) >= 11 is 0. The molecule has 0 saturated heterocycles. The zero-order valence-electron chi connectivity index (χ0n) is 9.01. The van der Waals surface area contributed by atoms with Gasteiger partial charge in [0.1, 0.15) is 11.3 Å². The van der Waals surface area contributed by atoms with Gasteiger partial charge in [-0.3, -0.25) is 4.79 Å². The molecule has 0 N–H and O–H groups in total. The first-order valence-electron chi connectivity index (χ1n) is 5.00. The fraction of sp³-hybridized carbons (Fsp3) is 0.182. The highest BCUT2D eigenvalue weighted by atomic mass is 16.1. The molecule has 0 bridgehead atoms. The second-order valence-electron chi connectivity index (χ2n) is 3.75. The molecule has 0 aliphatic heterocycles. The minimum Gasteiger partial charge on any atom is -0.265 e. The molecule has 0 aliphatic carbocycles. The van der Waals surface area contributed by atoms with Crippen LogP contribution in [-0.4, -0.2) is 19.4 Å². The lowest BCUT2D eigenvalue weighted by Crippen LogP contribution is -2.23. The molecule has 5 heteroatoms. The highest BCUT2D eigenvalue weighted by Crippen LogP contribution is 2.16. The third-order valence-electron chi connectivity index (χ3n) is 2.68. The highest BCUT2D eigenvalue weighted by Gasteiger charge is 2.11. The van der Waals surface area contributed by atoms with Crippen molar-refractivity contribution in [2.45, 2.75) is 6.92 Å². The molecule has 0 atom stereocenters. The van der Waals surface area contributed by atoms with E-state index in [1.807, 2.05) is 31.2 Å². The Bertz CT molecular complexity index is 754. The molecule has 5 nitrogen and oxygen atoms in total. The van der Waals surface area contributed by atoms with Crippen LogP contribution in [0, 0.1) is 6.92 Å². The second kappa shape index (κ2) is 2.91. The van der Waals surface area contributed by atoms with Gasteiger partial charge in [-0.2, -0.15) is 10.2 Å². The summed E-state index contributed by atoms with van der Waals surface area (Å²) in [5.41, 5.74) is 1.28. The van der Waals surface area contributed by atoms with E-state index in [9.17, 15) is 4.79 Å². The van der Waals surface area contributed by atoms with Crippen molar-refractivity contribution in [1.82, 2.24) is 19.4 Å². The molecule has 0 saturated carbocycles. The van der Waals surface area contributed by atoms with Crippen LogP contribution in [0.1, 0.15) is 5.82 Å². The first-order valence-corrected chi connectivity index (χ1v) is 5.00. The quantitative estimate of drug-likeness (QED) is 0.558. The van der Waals surface area contributed by atoms with Gasteiger partial charge in [0.05, 0.1) is 5.52 Å². The van der Waals surface area contributed by atoms with Crippen LogP contribution < -0.4 is 5.56 Å². The molecule has 0 fully saturated rings. The first kappa shape index (κ1) is 9.08. The number of rotatable bonds is 0. The Morgan fingerprint density at radius 1 is 1.19 bits per heavy atom. The van der Waals surface area contributed by atoms with Gasteiger partial charge in [0.25, 0.3) is 5.56 Å². The Hall–Kier alpha value is -2.17. The van der Waals surface area contributed by atoms with Crippen LogP contribution >= 0.6 is 0 Å². The SMILES string of the molecule is Cc1nn(C)c(=O)c2c3ccccc3nn12. The van der Waals surface area contributed by atoms with E-state index in [4.69, 9.17) is 0 Å². The fourth-order valence-electron chi connectivity index (χ4n) is 1.93. The standard InChI is InChI=1S/C11H10N4O/c1-7-12-14(2)11(16)10-8-5-3-4-6-9(8)13-15(7)10/h3-6H,1-2H3. The number of hydrogen-bond donors (Lipinski definition) is 0. The zero-order valence-corrected chi connectivity index (χ0v) is 9.01. The first-order chi connectivity index (χ1) is 7.68. The van der Waals surface area contributed by atoms with Crippen molar-refractivity contribution >= 4 is 16.4 Å². The predicted octanol–water partition coefficient (Wildman–Crippen LogP) is 0.890. The van der Waals surface area contributed by atoms with Crippen LogP contribution in [0.2, 0.25) is 0 Å². The number of benzene rings is 1. The summed E-state index contributed by atoms with van der Waals surface area (Å²) in [6.07, 6.45) is 0. The van der Waals surface area contributed by atoms with E-state index < -0.39 is 0 Å². The Kier molecular flexibility index (Phi) is 1.65. The van der Waals surface area contributed by atoms with Crippen LogP contribution in [0.5, 0.6) is 0 Å². The van der Waals surface area contributed by atoms with Gasteiger partial charge in [-0.1, -0.05) is 18.2 Å². The molecular formula is C11H10N4O. The monoisotopic (exact) mass is 214 g/mol. The molecule has 0 aliphatic rings. The van der Waals surface area contributed by atoms with E-state index in [1.54, 1.807) is 11.6 Å². The molecule has 1 aromatic carbocycles. The van der Waals surface area contributed by atoms with E-state index in [-0.39, 0.29) is 5.56 Å². The highest BCUT2D eigenvalue weighted by molar-refractivity contribution is 5.93. The Balaban J connectivity index is 2.71. The van der Waals surface area contributed by atoms with Crippen LogP contribution in [0.4, 0.5) is 0 Å². The fourth-order valence-corrected chi connectivity index (χ4v) is 1.93. The van der Waals surface area contributed by atoms with Crippen molar-refractivity contribution in [1.29, 1.82) is 0 Å². The number of fused-ring (bicyclic) bond motifs is 3. The third-order valence-corrected chi connectivity index (χ3v) is 2.68. The summed E-state index contributed by atoms with van der Waals surface area (Å²) < 4.78 is 2.95. The minimum atomic E-state index is -0.126. The summed E-state index contributed by atoms with van der Waals surface area (Å²) in [5.74, 6) is 0.702. The van der Waals surface area contributed by atoms with Crippen molar-refractivity contribution in [3.05, 3.63) is 40.4 Å². The van der Waals surface area contributed by atoms with Gasteiger partial charge in [0.15, 0.2) is 0 Å². The molecular weight excluding hydrogens is 204 g/mol. The van der Waals surface area contributed by atoms with Crippen molar-refractivity contribution in [2.24, 2.45) is 7.05 Å². The molecule has 0 spiro atoms. The number of aryl methyl sites for hydroxylation is 2. The molecule has 0 unspecified atom stereocenters. The lowest BCUT2D eigenvalue weighted by atomic mass is 10.2. The molecule has 16 heavy (non-hydrogen) atoms. The van der Waals surface area contributed by atoms with E-state index in [1.165, 1.54) is 4.68 Å². The number of aromatic nitrogens is 4. The van der Waals surface area contributed by atoms with E-state index in [0.29, 0.717) is 11.3 Å². The molecule has 3 aromatic rings. The van der Waals surface area contributed by atoms with Gasteiger partial charge in [0.2, 0.25) is 0 Å². The summed E-state index contributed by atoms with van der Waals surface area (Å²) in [6.45, 7) is 1.83. The van der Waals surface area contributed by atoms with Crippen LogP contribution in [0.3, 0.4) is 0 Å². The maximum absolute atomic E-state index is 12.0. The van der Waals surface area contributed by atoms with Gasteiger partial charge < -0.3 is 0 Å². The smallest absolute Gasteiger partial charge is 0.265 e. The van der Waals surface area contributed by atoms with E-state index in [2.05, 4.69) is 10.2 Å². The summed E-state index contributed by atoms with van der Waals surface area (Å²) in [6, 6.07) is 7.60. The van der Waals surface area contributed by atoms with Crippen molar-refractivity contribution in [3.8, 4) is 0 Å². The summed E-state index contributed by atoms with van der Waals surface area (Å²) in [5, 5.41) is 9.33. The van der Waals surface area contributed by atoms with Gasteiger partial charge in [-0.15, -0.1) is 0 Å². The molecule has 2 aromatic heterocycles. The van der Waals surface area contributed by atoms with Crippen molar-refractivity contribution in [2.75, 3.05) is 0 Å². The average molecular weight is 214 g/mol. The van der Waals surface area contributed by atoms with Gasteiger partial charge in [-0.05, 0) is 13.0 Å². The summed E-state index contributed by atoms with van der Waals surface area (Å²) in [7, 11) is 1.65. The maximum Gasteiger partial charge on any atom is 0.293 e. The van der Waals surface area contributed by atoms with Gasteiger partial charge in [-0.25, -0.2) is 9.20 Å². The molecule has 0 radical (unpaired) electrons. The van der Waals surface area contributed by atoms with Crippen molar-refractivity contribution in [3.63, 3.8) is 0 Å². The molecule has 2 heterocycles. The lowest BCUT2D eigenvalue weighted by Gasteiger charge is -2.00. The predicted molar refractivity (Wildman–Crippen MR) is 60.5 cm³/mol. The van der Waals surface area contributed by atoms with Crippen LogP contribution in [0.25, 0.3) is 16.4 Å². The van der Waals surface area contributed by atoms with E-state index >= 15 is 0 Å². The number of nitrogens with zero attached hydrogens (tertiary/aromatic N) is 4. The molecule has 3 rings (SSSR count). The molecule has 0 amide bonds. The van der Waals surface area contributed by atoms with Crippen LogP contribution in [-0.2, 0) is 7.05 Å². The lowest BCUT2D eigenvalue weighted by molar-refractivity contribution is 0.654. The summed E-state index contributed by atoms with van der Waals surface area (Å²) in [4.78, 5) is 12.0. The average Bonchev–Trinajstić information content (AvgIpc) is 2.66. The van der Waals surface area contributed by atoms with Crippen LogP contribution in [0.15, 0.2) is 29.1 Å². The Morgan fingerprint density at radius 2 is 1.94 bits per heavy atom. The van der Waals surface area contributed by atoms with Gasteiger partial charge >= 0.3 is 0 Å². The Labute approximate surface area is 90.9 Å². The second-order valence-corrected chi connectivity index (χ2v) is 3.75. The zero-order chi connectivity index (χ0) is 11.3. The topological polar surface area (TPSA) is 52.2 Å². The molecule has 80 valence electrons. The minimum absolute atomic E-state index is 0.126. The largest absolute Gasteiger partial charge is 0.293 e. The number of hydrogen-bond acceptors (Lipinski definition) is 3. The normalized spacial score (nSPS) is 11.4.